The van der Waals surface area contributed by atoms with Crippen molar-refractivity contribution in [1.82, 2.24) is 5.43 Å². The van der Waals surface area contributed by atoms with Gasteiger partial charge in [0.25, 0.3) is 5.91 Å². The molecule has 3 amide bonds. The van der Waals surface area contributed by atoms with Crippen molar-refractivity contribution in [3.05, 3.63) is 86.9 Å². The Kier molecular flexibility index (Phi) is 9.57. The Hall–Kier alpha value is -3.98. The number of aryl methyl sites for hydroxylation is 4. The summed E-state index contributed by atoms with van der Waals surface area (Å²) in [6.07, 6.45) is 2.06. The molecule has 3 rings (SSSR count). The van der Waals surface area contributed by atoms with Crippen molar-refractivity contribution in [2.24, 2.45) is 5.10 Å². The van der Waals surface area contributed by atoms with Crippen LogP contribution in [0.25, 0.3) is 0 Å². The van der Waals surface area contributed by atoms with Crippen LogP contribution in [0, 0.1) is 20.8 Å². The van der Waals surface area contributed by atoms with E-state index in [0.717, 1.165) is 32.4 Å². The first-order chi connectivity index (χ1) is 17.7. The Morgan fingerprint density at radius 1 is 0.946 bits per heavy atom. The number of amides is 3. The van der Waals surface area contributed by atoms with Gasteiger partial charge in [0, 0.05) is 21.4 Å². The standard InChI is InChI=1S/C28H29BrN4O4/c1-5-20-8-6-7-9-23(20)31-27(35)28(36)33-30-15-21-14-22(29)10-11-24(21)37-16-25(34)32-26-18(3)12-17(2)13-19(26)4/h6-15H,5,16H2,1-4H3,(H,31,35)(H,32,34)(H,33,36)/b30-15-. The maximum atomic E-state index is 12.5. The molecule has 8 nitrogen and oxygen atoms in total. The fourth-order valence-corrected chi connectivity index (χ4v) is 4.17. The summed E-state index contributed by atoms with van der Waals surface area (Å²) in [6, 6.07) is 16.4. The summed E-state index contributed by atoms with van der Waals surface area (Å²) >= 11 is 3.39. The van der Waals surface area contributed by atoms with Crippen LogP contribution in [-0.4, -0.2) is 30.5 Å². The third-order valence-corrected chi connectivity index (χ3v) is 5.99. The van der Waals surface area contributed by atoms with Crippen molar-refractivity contribution in [3.8, 4) is 5.75 Å². The third-order valence-electron chi connectivity index (χ3n) is 5.49. The zero-order valence-electron chi connectivity index (χ0n) is 21.1. The summed E-state index contributed by atoms with van der Waals surface area (Å²) in [5.74, 6) is -1.67. The molecule has 0 aliphatic carbocycles. The lowest BCUT2D eigenvalue weighted by atomic mass is 10.1. The Bertz CT molecular complexity index is 1330. The van der Waals surface area contributed by atoms with Gasteiger partial charge < -0.3 is 15.4 Å². The molecule has 0 unspecified atom stereocenters. The molecule has 0 heterocycles. The van der Waals surface area contributed by atoms with Gasteiger partial charge in [-0.25, -0.2) is 5.43 Å². The second kappa shape index (κ2) is 12.8. The summed E-state index contributed by atoms with van der Waals surface area (Å²) in [7, 11) is 0. The van der Waals surface area contributed by atoms with Gasteiger partial charge in [0.2, 0.25) is 0 Å². The Morgan fingerprint density at radius 3 is 2.35 bits per heavy atom. The number of hydrogen-bond donors (Lipinski definition) is 3. The first kappa shape index (κ1) is 27.6. The van der Waals surface area contributed by atoms with E-state index in [1.54, 1.807) is 30.3 Å². The predicted octanol–water partition coefficient (Wildman–Crippen LogP) is 5.04. The number of anilines is 2. The van der Waals surface area contributed by atoms with Crippen molar-refractivity contribution in [3.63, 3.8) is 0 Å². The molecule has 0 spiro atoms. The first-order valence-corrected chi connectivity index (χ1v) is 12.5. The van der Waals surface area contributed by atoms with Gasteiger partial charge in [-0.15, -0.1) is 0 Å². The maximum Gasteiger partial charge on any atom is 0.329 e. The molecule has 3 N–H and O–H groups in total. The highest BCUT2D eigenvalue weighted by Gasteiger charge is 2.15. The zero-order chi connectivity index (χ0) is 26.9. The minimum absolute atomic E-state index is 0.221. The summed E-state index contributed by atoms with van der Waals surface area (Å²) in [5, 5.41) is 9.38. The molecule has 3 aromatic carbocycles. The van der Waals surface area contributed by atoms with Crippen LogP contribution in [0.2, 0.25) is 0 Å². The molecular weight excluding hydrogens is 536 g/mol. The van der Waals surface area contributed by atoms with Gasteiger partial charge in [-0.05, 0) is 68.1 Å². The van der Waals surface area contributed by atoms with Crippen LogP contribution in [0.1, 0.15) is 34.7 Å². The number of hydrogen-bond acceptors (Lipinski definition) is 5. The molecule has 0 aliphatic heterocycles. The summed E-state index contributed by atoms with van der Waals surface area (Å²) in [5.41, 5.74) is 8.04. The maximum absolute atomic E-state index is 12.5. The normalized spacial score (nSPS) is 10.7. The minimum Gasteiger partial charge on any atom is -0.483 e. The number of nitrogens with one attached hydrogen (secondary N) is 3. The summed E-state index contributed by atoms with van der Waals surface area (Å²) in [6.45, 7) is 7.63. The van der Waals surface area contributed by atoms with E-state index in [0.29, 0.717) is 23.4 Å². The van der Waals surface area contributed by atoms with Gasteiger partial charge in [0.15, 0.2) is 6.61 Å². The number of hydrazone groups is 1. The number of nitrogens with zero attached hydrogens (tertiary/aromatic N) is 1. The van der Waals surface area contributed by atoms with Crippen LogP contribution >= 0.6 is 15.9 Å². The summed E-state index contributed by atoms with van der Waals surface area (Å²) in [4.78, 5) is 37.0. The molecule has 0 saturated carbocycles. The highest BCUT2D eigenvalue weighted by molar-refractivity contribution is 9.10. The molecule has 37 heavy (non-hydrogen) atoms. The lowest BCUT2D eigenvalue weighted by molar-refractivity contribution is -0.136. The van der Waals surface area contributed by atoms with Crippen molar-refractivity contribution < 1.29 is 19.1 Å². The average Bonchev–Trinajstić information content (AvgIpc) is 2.86. The molecule has 0 aromatic heterocycles. The third kappa shape index (κ3) is 7.75. The van der Waals surface area contributed by atoms with E-state index >= 15 is 0 Å². The molecule has 0 saturated heterocycles. The molecule has 0 fully saturated rings. The Morgan fingerprint density at radius 2 is 1.65 bits per heavy atom. The van der Waals surface area contributed by atoms with Crippen molar-refractivity contribution in [1.29, 1.82) is 0 Å². The number of carbonyl (C=O) groups excluding carboxylic acids is 3. The molecule has 192 valence electrons. The van der Waals surface area contributed by atoms with Gasteiger partial charge in [0.1, 0.15) is 5.75 Å². The minimum atomic E-state index is -0.914. The monoisotopic (exact) mass is 564 g/mol. The second-order valence-electron chi connectivity index (χ2n) is 8.46. The zero-order valence-corrected chi connectivity index (χ0v) is 22.7. The van der Waals surface area contributed by atoms with E-state index in [4.69, 9.17) is 4.74 Å². The van der Waals surface area contributed by atoms with Crippen molar-refractivity contribution in [2.75, 3.05) is 17.2 Å². The van der Waals surface area contributed by atoms with Gasteiger partial charge in [0.05, 0.1) is 6.21 Å². The SMILES string of the molecule is CCc1ccccc1NC(=O)C(=O)N/N=C\c1cc(Br)ccc1OCC(=O)Nc1c(C)cc(C)cc1C. The van der Waals surface area contributed by atoms with Crippen LogP contribution < -0.4 is 20.8 Å². The largest absolute Gasteiger partial charge is 0.483 e. The van der Waals surface area contributed by atoms with E-state index < -0.39 is 11.8 Å². The van der Waals surface area contributed by atoms with E-state index in [9.17, 15) is 14.4 Å². The van der Waals surface area contributed by atoms with Crippen molar-refractivity contribution >= 4 is 51.2 Å². The van der Waals surface area contributed by atoms with E-state index in [1.165, 1.54) is 6.21 Å². The highest BCUT2D eigenvalue weighted by atomic mass is 79.9. The number of halogens is 1. The second-order valence-corrected chi connectivity index (χ2v) is 9.37. The predicted molar refractivity (Wildman–Crippen MR) is 149 cm³/mol. The molecule has 9 heteroatoms. The number of rotatable bonds is 8. The molecule has 0 radical (unpaired) electrons. The fourth-order valence-electron chi connectivity index (χ4n) is 3.79. The quantitative estimate of drug-likeness (QED) is 0.202. The van der Waals surface area contributed by atoms with Crippen LogP contribution in [0.5, 0.6) is 5.75 Å². The van der Waals surface area contributed by atoms with Crippen LogP contribution in [0.4, 0.5) is 11.4 Å². The molecule has 0 atom stereocenters. The van der Waals surface area contributed by atoms with Gasteiger partial charge in [-0.2, -0.15) is 5.10 Å². The van der Waals surface area contributed by atoms with E-state index in [-0.39, 0.29) is 12.5 Å². The highest BCUT2D eigenvalue weighted by Crippen LogP contribution is 2.24. The van der Waals surface area contributed by atoms with Gasteiger partial charge in [-0.1, -0.05) is 58.7 Å². The number of ether oxygens (including phenoxy) is 1. The average molecular weight is 565 g/mol. The number of para-hydroxylation sites is 1. The van der Waals surface area contributed by atoms with Crippen molar-refractivity contribution in [2.45, 2.75) is 34.1 Å². The Labute approximate surface area is 224 Å². The summed E-state index contributed by atoms with van der Waals surface area (Å²) < 4.78 is 6.47. The lowest BCUT2D eigenvalue weighted by Gasteiger charge is -2.14. The van der Waals surface area contributed by atoms with Crippen LogP contribution in [0.15, 0.2) is 64.2 Å². The fraction of sp³-hybridized carbons (Fsp3) is 0.214. The van der Waals surface area contributed by atoms with E-state index in [2.05, 4.69) is 37.1 Å². The number of benzene rings is 3. The van der Waals surface area contributed by atoms with E-state index in [1.807, 2.05) is 52.0 Å². The van der Waals surface area contributed by atoms with Crippen LogP contribution in [-0.2, 0) is 20.8 Å². The van der Waals surface area contributed by atoms with Crippen LogP contribution in [0.3, 0.4) is 0 Å². The smallest absolute Gasteiger partial charge is 0.329 e. The molecular formula is C28H29BrN4O4. The Balaban J connectivity index is 1.61. The number of carbonyl (C=O) groups is 3. The lowest BCUT2D eigenvalue weighted by Crippen LogP contribution is -2.32. The van der Waals surface area contributed by atoms with Gasteiger partial charge >= 0.3 is 11.8 Å². The topological polar surface area (TPSA) is 109 Å². The first-order valence-electron chi connectivity index (χ1n) is 11.7. The molecule has 3 aromatic rings. The van der Waals surface area contributed by atoms with Gasteiger partial charge in [-0.3, -0.25) is 14.4 Å². The molecule has 0 aliphatic rings. The molecule has 0 bridgehead atoms.